The summed E-state index contributed by atoms with van der Waals surface area (Å²) in [6, 6.07) is 0. The molecule has 0 spiro atoms. The molecule has 0 atom stereocenters. The molecular formula is C5H5Al+2. The Hall–Kier alpha value is 0.0125. The molecule has 0 saturated carbocycles. The predicted octanol–water partition coefficient (Wildman–Crippen LogP) is 0.999. The van der Waals surface area contributed by atoms with Crippen LogP contribution < -0.4 is 0 Å². The van der Waals surface area contributed by atoms with Crippen LogP contribution in [-0.2, 0) is 0 Å². The van der Waals surface area contributed by atoms with Crippen LogP contribution in [0.3, 0.4) is 0 Å². The van der Waals surface area contributed by atoms with Gasteiger partial charge >= 0.3 is 45.4 Å². The Bertz CT molecular complexity index is 101. The summed E-state index contributed by atoms with van der Waals surface area (Å²) < 4.78 is 1.38. The third-order valence-electron chi connectivity index (χ3n) is 0.800. The molecule has 0 bridgehead atoms. The summed E-state index contributed by atoms with van der Waals surface area (Å²) in [5, 5.41) is 0. The van der Waals surface area contributed by atoms with Crippen molar-refractivity contribution in [2.45, 2.75) is 6.42 Å². The predicted molar refractivity (Wildman–Crippen MR) is 27.6 cm³/mol. The average Bonchev–Trinajstić information content (AvgIpc) is 1.86. The second-order valence-corrected chi connectivity index (χ2v) is 2.12. The summed E-state index contributed by atoms with van der Waals surface area (Å²) >= 11 is 2.67. The molecule has 0 aliphatic heterocycles. The van der Waals surface area contributed by atoms with Crippen LogP contribution in [0.4, 0.5) is 0 Å². The molecule has 0 nitrogen and oxygen atoms in total. The number of hydrogen-bond donors (Lipinski definition) is 0. The quantitative estimate of drug-likeness (QED) is 0.391. The van der Waals surface area contributed by atoms with Crippen molar-refractivity contribution in [1.29, 1.82) is 0 Å². The van der Waals surface area contributed by atoms with Gasteiger partial charge in [-0.15, -0.1) is 0 Å². The van der Waals surface area contributed by atoms with E-state index < -0.39 is 0 Å². The van der Waals surface area contributed by atoms with Gasteiger partial charge in [0.15, 0.2) is 0 Å². The van der Waals surface area contributed by atoms with Gasteiger partial charge in [-0.05, 0) is 0 Å². The molecule has 0 aromatic heterocycles. The fraction of sp³-hybridized carbons (Fsp3) is 0.200. The zero-order valence-corrected chi connectivity index (χ0v) is 4.67. The van der Waals surface area contributed by atoms with Crippen LogP contribution in [-0.4, -0.2) is 16.3 Å². The molecule has 0 saturated heterocycles. The van der Waals surface area contributed by atoms with E-state index in [1.165, 1.54) is 4.44 Å². The molecule has 6 heavy (non-hydrogen) atoms. The van der Waals surface area contributed by atoms with Gasteiger partial charge in [0.25, 0.3) is 0 Å². The number of hydrogen-bond acceptors (Lipinski definition) is 0. The third kappa shape index (κ3) is 0.740. The topological polar surface area (TPSA) is 0 Å². The number of rotatable bonds is 0. The SMILES string of the molecule is [Al+2][C]1=CC=CC1. The maximum absolute atomic E-state index is 2.67. The van der Waals surface area contributed by atoms with Crippen molar-refractivity contribution in [3.63, 3.8) is 0 Å². The Morgan fingerprint density at radius 1 is 1.67 bits per heavy atom. The summed E-state index contributed by atoms with van der Waals surface area (Å²) in [5.41, 5.74) is 0. The van der Waals surface area contributed by atoms with E-state index in [0.717, 1.165) is 6.42 Å². The van der Waals surface area contributed by atoms with Crippen molar-refractivity contribution in [3.05, 3.63) is 22.7 Å². The second-order valence-electron chi connectivity index (χ2n) is 1.37. The first-order valence-corrected chi connectivity index (χ1v) is 2.58. The van der Waals surface area contributed by atoms with Gasteiger partial charge < -0.3 is 0 Å². The maximum atomic E-state index is 2.67. The fourth-order valence-corrected chi connectivity index (χ4v) is 0.711. The van der Waals surface area contributed by atoms with Gasteiger partial charge in [-0.1, -0.05) is 0 Å². The molecular weight excluding hydrogens is 87.0 g/mol. The third-order valence-corrected chi connectivity index (χ3v) is 1.23. The Labute approximate surface area is 46.0 Å². The van der Waals surface area contributed by atoms with Crippen LogP contribution in [0, 0.1) is 0 Å². The first kappa shape index (κ1) is 4.18. The normalized spacial score (nSPS) is 18.7. The van der Waals surface area contributed by atoms with E-state index in [4.69, 9.17) is 0 Å². The van der Waals surface area contributed by atoms with E-state index in [0.29, 0.717) is 0 Å². The van der Waals surface area contributed by atoms with Gasteiger partial charge in [-0.2, -0.15) is 0 Å². The van der Waals surface area contributed by atoms with Crippen LogP contribution >= 0.6 is 0 Å². The van der Waals surface area contributed by atoms with Crippen LogP contribution in [0.5, 0.6) is 0 Å². The van der Waals surface area contributed by atoms with Crippen LogP contribution in [0.15, 0.2) is 22.7 Å². The second kappa shape index (κ2) is 1.64. The standard InChI is InChI=1S/C5H5.Al/c1-2-4-5-3-1;/h1-3H,4H2;/q;+2. The molecule has 0 heterocycles. The molecule has 0 N–H and O–H groups in total. The summed E-state index contributed by atoms with van der Waals surface area (Å²) in [6.07, 6.45) is 7.44. The average molecular weight is 92.1 g/mol. The van der Waals surface area contributed by atoms with Crippen LogP contribution in [0.2, 0.25) is 0 Å². The Kier molecular flexibility index (Phi) is 1.14. The van der Waals surface area contributed by atoms with Crippen molar-refractivity contribution < 1.29 is 0 Å². The molecule has 0 aromatic rings. The van der Waals surface area contributed by atoms with E-state index in [-0.39, 0.29) is 0 Å². The van der Waals surface area contributed by atoms with Gasteiger partial charge in [0, 0.05) is 0 Å². The summed E-state index contributed by atoms with van der Waals surface area (Å²) in [7, 11) is 0. The van der Waals surface area contributed by atoms with E-state index in [9.17, 15) is 0 Å². The van der Waals surface area contributed by atoms with E-state index >= 15 is 0 Å². The van der Waals surface area contributed by atoms with Crippen LogP contribution in [0.25, 0.3) is 0 Å². The van der Waals surface area contributed by atoms with Gasteiger partial charge in [-0.25, -0.2) is 0 Å². The Morgan fingerprint density at radius 2 is 2.50 bits per heavy atom. The molecule has 1 rings (SSSR count). The van der Waals surface area contributed by atoms with E-state index in [2.05, 4.69) is 34.5 Å². The zero-order chi connectivity index (χ0) is 4.41. The zero-order valence-electron chi connectivity index (χ0n) is 3.52. The minimum atomic E-state index is 1.13. The Balaban J connectivity index is 2.61. The van der Waals surface area contributed by atoms with E-state index in [1.54, 1.807) is 0 Å². The van der Waals surface area contributed by atoms with Gasteiger partial charge in [0.1, 0.15) is 0 Å². The van der Waals surface area contributed by atoms with Crippen molar-refractivity contribution >= 4 is 16.3 Å². The van der Waals surface area contributed by atoms with Crippen molar-refractivity contribution in [2.75, 3.05) is 0 Å². The van der Waals surface area contributed by atoms with Gasteiger partial charge in [0.2, 0.25) is 0 Å². The Morgan fingerprint density at radius 3 is 2.67 bits per heavy atom. The molecule has 1 aliphatic rings. The minimum absolute atomic E-state index is 1.13. The fourth-order valence-electron chi connectivity index (χ4n) is 0.464. The monoisotopic (exact) mass is 92.0 g/mol. The van der Waals surface area contributed by atoms with Crippen molar-refractivity contribution in [1.82, 2.24) is 0 Å². The molecule has 0 radical (unpaired) electrons. The molecule has 0 fully saturated rings. The molecule has 0 aromatic carbocycles. The van der Waals surface area contributed by atoms with Gasteiger partial charge in [-0.3, -0.25) is 0 Å². The molecule has 1 aliphatic carbocycles. The van der Waals surface area contributed by atoms with E-state index in [1.807, 2.05) is 0 Å². The molecule has 0 unspecified atom stereocenters. The van der Waals surface area contributed by atoms with Crippen molar-refractivity contribution in [2.24, 2.45) is 0 Å². The number of allylic oxidation sites excluding steroid dienone is 4. The summed E-state index contributed by atoms with van der Waals surface area (Å²) in [4.78, 5) is 0. The first-order valence-electron chi connectivity index (χ1n) is 2.01. The van der Waals surface area contributed by atoms with Crippen molar-refractivity contribution in [3.8, 4) is 0 Å². The van der Waals surface area contributed by atoms with Crippen LogP contribution in [0.1, 0.15) is 6.42 Å². The summed E-state index contributed by atoms with van der Waals surface area (Å²) in [5.74, 6) is 0. The molecule has 1 heteroatoms. The van der Waals surface area contributed by atoms with Gasteiger partial charge in [0.05, 0.1) is 0 Å². The summed E-state index contributed by atoms with van der Waals surface area (Å²) in [6.45, 7) is 0. The molecule has 0 amide bonds. The molecule has 26 valence electrons. The first-order chi connectivity index (χ1) is 2.89.